The summed E-state index contributed by atoms with van der Waals surface area (Å²) in [5.74, 6) is 0.805. The standard InChI is InChI=1S/C11H21NO/c1-9(2)11-5-3-4-6-12(11)7-10-8-13-10/h9-11H,3-8H2,1-2H3/t10-,11+/m1/s1. The number of ether oxygens (including phenoxy) is 1. The van der Waals surface area contributed by atoms with Gasteiger partial charge in [-0.15, -0.1) is 0 Å². The van der Waals surface area contributed by atoms with Crippen molar-refractivity contribution in [3.05, 3.63) is 0 Å². The molecule has 0 unspecified atom stereocenters. The molecule has 0 spiro atoms. The van der Waals surface area contributed by atoms with Gasteiger partial charge in [0.05, 0.1) is 12.7 Å². The van der Waals surface area contributed by atoms with Crippen LogP contribution in [0.3, 0.4) is 0 Å². The summed E-state index contributed by atoms with van der Waals surface area (Å²) in [5.41, 5.74) is 0. The molecule has 0 saturated carbocycles. The first kappa shape index (κ1) is 9.47. The summed E-state index contributed by atoms with van der Waals surface area (Å²) in [4.78, 5) is 2.64. The number of epoxide rings is 1. The van der Waals surface area contributed by atoms with E-state index in [0.29, 0.717) is 6.10 Å². The first-order valence-electron chi connectivity index (χ1n) is 5.63. The van der Waals surface area contributed by atoms with Crippen molar-refractivity contribution in [2.75, 3.05) is 19.7 Å². The number of rotatable bonds is 3. The summed E-state index contributed by atoms with van der Waals surface area (Å²) in [6, 6.07) is 0.818. The van der Waals surface area contributed by atoms with Gasteiger partial charge in [0.15, 0.2) is 0 Å². The van der Waals surface area contributed by atoms with Crippen LogP contribution in [-0.4, -0.2) is 36.7 Å². The molecule has 2 heterocycles. The maximum atomic E-state index is 5.30. The van der Waals surface area contributed by atoms with Gasteiger partial charge in [0, 0.05) is 12.6 Å². The van der Waals surface area contributed by atoms with Gasteiger partial charge in [-0.3, -0.25) is 4.90 Å². The van der Waals surface area contributed by atoms with Crippen LogP contribution in [-0.2, 0) is 4.74 Å². The third kappa shape index (κ3) is 2.44. The number of hydrogen-bond acceptors (Lipinski definition) is 2. The van der Waals surface area contributed by atoms with Crippen LogP contribution in [0.15, 0.2) is 0 Å². The second kappa shape index (κ2) is 3.97. The Morgan fingerprint density at radius 3 is 2.77 bits per heavy atom. The van der Waals surface area contributed by atoms with Gasteiger partial charge in [-0.2, -0.15) is 0 Å². The highest BCUT2D eigenvalue weighted by Gasteiger charge is 2.31. The SMILES string of the molecule is CC(C)[C@@H]1CCCCN1C[C@@H]1CO1. The second-order valence-corrected chi connectivity index (χ2v) is 4.76. The van der Waals surface area contributed by atoms with Gasteiger partial charge >= 0.3 is 0 Å². The minimum atomic E-state index is 0.569. The quantitative estimate of drug-likeness (QED) is 0.621. The fraction of sp³-hybridized carbons (Fsp3) is 1.00. The number of likely N-dealkylation sites (tertiary alicyclic amines) is 1. The van der Waals surface area contributed by atoms with Crippen LogP contribution in [0, 0.1) is 5.92 Å². The van der Waals surface area contributed by atoms with Gasteiger partial charge in [-0.25, -0.2) is 0 Å². The summed E-state index contributed by atoms with van der Waals surface area (Å²) < 4.78 is 5.30. The molecule has 0 amide bonds. The van der Waals surface area contributed by atoms with Gasteiger partial charge in [0.2, 0.25) is 0 Å². The molecule has 0 aromatic rings. The summed E-state index contributed by atoms with van der Waals surface area (Å²) in [6.07, 6.45) is 4.77. The van der Waals surface area contributed by atoms with Crippen molar-refractivity contribution in [3.63, 3.8) is 0 Å². The highest BCUT2D eigenvalue weighted by molar-refractivity contribution is 4.84. The molecule has 2 fully saturated rings. The molecule has 2 aliphatic heterocycles. The Hall–Kier alpha value is -0.0800. The summed E-state index contributed by atoms with van der Waals surface area (Å²) in [7, 11) is 0. The lowest BCUT2D eigenvalue weighted by molar-refractivity contribution is 0.103. The first-order chi connectivity index (χ1) is 6.27. The molecule has 0 bridgehead atoms. The molecule has 0 radical (unpaired) electrons. The average Bonchev–Trinajstić information content (AvgIpc) is 2.89. The monoisotopic (exact) mass is 183 g/mol. The molecule has 0 aromatic carbocycles. The largest absolute Gasteiger partial charge is 0.372 e. The van der Waals surface area contributed by atoms with E-state index in [1.807, 2.05) is 0 Å². The lowest BCUT2D eigenvalue weighted by Crippen LogP contribution is -2.44. The Morgan fingerprint density at radius 1 is 1.38 bits per heavy atom. The number of hydrogen-bond donors (Lipinski definition) is 0. The summed E-state index contributed by atoms with van der Waals surface area (Å²) in [5, 5.41) is 0. The third-order valence-electron chi connectivity index (χ3n) is 3.27. The molecule has 2 nitrogen and oxygen atoms in total. The predicted octanol–water partition coefficient (Wildman–Crippen LogP) is 1.90. The van der Waals surface area contributed by atoms with Crippen molar-refractivity contribution < 1.29 is 4.74 Å². The van der Waals surface area contributed by atoms with Crippen LogP contribution >= 0.6 is 0 Å². The average molecular weight is 183 g/mol. The summed E-state index contributed by atoms with van der Waals surface area (Å²) >= 11 is 0. The zero-order valence-electron chi connectivity index (χ0n) is 8.83. The molecule has 2 heteroatoms. The Morgan fingerprint density at radius 2 is 2.15 bits per heavy atom. The van der Waals surface area contributed by atoms with E-state index >= 15 is 0 Å². The lowest BCUT2D eigenvalue weighted by Gasteiger charge is -2.37. The van der Waals surface area contributed by atoms with Crippen molar-refractivity contribution in [3.8, 4) is 0 Å². The third-order valence-corrected chi connectivity index (χ3v) is 3.27. The van der Waals surface area contributed by atoms with Gasteiger partial charge in [0.1, 0.15) is 0 Å². The second-order valence-electron chi connectivity index (χ2n) is 4.76. The van der Waals surface area contributed by atoms with Gasteiger partial charge in [-0.1, -0.05) is 20.3 Å². The minimum absolute atomic E-state index is 0.569. The van der Waals surface area contributed by atoms with E-state index in [2.05, 4.69) is 18.7 Å². The first-order valence-corrected chi connectivity index (χ1v) is 5.63. The van der Waals surface area contributed by atoms with Crippen molar-refractivity contribution in [1.82, 2.24) is 4.90 Å². The van der Waals surface area contributed by atoms with Gasteiger partial charge < -0.3 is 4.74 Å². The van der Waals surface area contributed by atoms with Crippen molar-refractivity contribution in [2.45, 2.75) is 45.3 Å². The van der Waals surface area contributed by atoms with E-state index < -0.39 is 0 Å². The Kier molecular flexibility index (Phi) is 2.89. The van der Waals surface area contributed by atoms with Crippen LogP contribution < -0.4 is 0 Å². The molecule has 13 heavy (non-hydrogen) atoms. The molecule has 2 aliphatic rings. The number of nitrogens with zero attached hydrogens (tertiary/aromatic N) is 1. The topological polar surface area (TPSA) is 15.8 Å². The molecule has 0 aromatic heterocycles. The van der Waals surface area contributed by atoms with E-state index in [9.17, 15) is 0 Å². The molecule has 2 atom stereocenters. The van der Waals surface area contributed by atoms with Gasteiger partial charge in [0.25, 0.3) is 0 Å². The smallest absolute Gasteiger partial charge is 0.0936 e. The van der Waals surface area contributed by atoms with E-state index in [1.54, 1.807) is 0 Å². The normalized spacial score (nSPS) is 35.3. The summed E-state index contributed by atoms with van der Waals surface area (Å²) in [6.45, 7) is 8.17. The van der Waals surface area contributed by atoms with Crippen LogP contribution in [0.2, 0.25) is 0 Å². The predicted molar refractivity (Wildman–Crippen MR) is 53.8 cm³/mol. The maximum absolute atomic E-state index is 5.30. The van der Waals surface area contributed by atoms with Crippen molar-refractivity contribution in [2.24, 2.45) is 5.92 Å². The zero-order valence-corrected chi connectivity index (χ0v) is 8.83. The molecular formula is C11H21NO. The highest BCUT2D eigenvalue weighted by Crippen LogP contribution is 2.25. The molecule has 0 N–H and O–H groups in total. The van der Waals surface area contributed by atoms with E-state index in [0.717, 1.165) is 18.6 Å². The fourth-order valence-electron chi connectivity index (χ4n) is 2.43. The number of piperidine rings is 1. The van der Waals surface area contributed by atoms with Crippen molar-refractivity contribution >= 4 is 0 Å². The van der Waals surface area contributed by atoms with E-state index in [4.69, 9.17) is 4.74 Å². The lowest BCUT2D eigenvalue weighted by atomic mass is 9.93. The van der Waals surface area contributed by atoms with Gasteiger partial charge in [-0.05, 0) is 25.3 Å². The zero-order chi connectivity index (χ0) is 9.26. The Labute approximate surface area is 81.3 Å². The van der Waals surface area contributed by atoms with Crippen molar-refractivity contribution in [1.29, 1.82) is 0 Å². The molecule has 2 saturated heterocycles. The Bertz CT molecular complexity index is 165. The molecule has 0 aliphatic carbocycles. The van der Waals surface area contributed by atoms with Crippen LogP contribution in [0.25, 0.3) is 0 Å². The highest BCUT2D eigenvalue weighted by atomic mass is 16.6. The van der Waals surface area contributed by atoms with E-state index in [-0.39, 0.29) is 0 Å². The van der Waals surface area contributed by atoms with E-state index in [1.165, 1.54) is 32.4 Å². The Balaban J connectivity index is 1.87. The molecular weight excluding hydrogens is 162 g/mol. The molecule has 2 rings (SSSR count). The maximum Gasteiger partial charge on any atom is 0.0936 e. The van der Waals surface area contributed by atoms with Crippen LogP contribution in [0.4, 0.5) is 0 Å². The fourth-order valence-corrected chi connectivity index (χ4v) is 2.43. The molecule has 76 valence electrons. The van der Waals surface area contributed by atoms with Crippen LogP contribution in [0.5, 0.6) is 0 Å². The minimum Gasteiger partial charge on any atom is -0.372 e. The van der Waals surface area contributed by atoms with Crippen LogP contribution in [0.1, 0.15) is 33.1 Å².